The fourth-order valence-corrected chi connectivity index (χ4v) is 0.257. The largest absolute Gasteiger partial charge is 0.475 e. The van der Waals surface area contributed by atoms with Gasteiger partial charge in [0.1, 0.15) is 0 Å². The number of aliphatic imine (C=N–C) groups is 1. The molecule has 0 fully saturated rings. The zero-order chi connectivity index (χ0) is 7.28. The number of carboxylic acid groups (broad SMARTS) is 1. The summed E-state index contributed by atoms with van der Waals surface area (Å²) in [6.45, 7) is 3.00. The molecule has 2 N–H and O–H groups in total. The quantitative estimate of drug-likeness (QED) is 0.279. The van der Waals surface area contributed by atoms with Crippen molar-refractivity contribution < 1.29 is 9.90 Å². The Morgan fingerprint density at radius 1 is 1.78 bits per heavy atom. The molecule has 0 aliphatic rings. The Balaban J connectivity index is 4.14. The molecular weight excluding hydrogens is 122 g/mol. The third-order valence-corrected chi connectivity index (χ3v) is 0.559. The first-order valence-electron chi connectivity index (χ1n) is 2.16. The minimum atomic E-state index is -1.20. The summed E-state index contributed by atoms with van der Waals surface area (Å²) in [4.78, 5) is 13.1. The van der Waals surface area contributed by atoms with Crippen LogP contribution >= 0.6 is 0 Å². The molecule has 0 aliphatic carbocycles. The van der Waals surface area contributed by atoms with Crippen LogP contribution in [-0.4, -0.2) is 30.7 Å². The minimum absolute atomic E-state index is 0.336. The predicted molar refractivity (Wildman–Crippen MR) is 33.7 cm³/mol. The molecular formula is C4H7N3O2. The topological polar surface area (TPSA) is 74.0 Å². The number of carboxylic acids is 1. The zero-order valence-electron chi connectivity index (χ0n) is 4.96. The van der Waals surface area contributed by atoms with E-state index in [0.29, 0.717) is 0 Å². The molecule has 9 heavy (non-hydrogen) atoms. The highest BCUT2D eigenvalue weighted by molar-refractivity contribution is 6.35. The Kier molecular flexibility index (Phi) is 3.04. The van der Waals surface area contributed by atoms with Crippen LogP contribution in [0.3, 0.4) is 0 Å². The van der Waals surface area contributed by atoms with Crippen LogP contribution < -0.4 is 5.43 Å². The van der Waals surface area contributed by atoms with Crippen LogP contribution in [0.25, 0.3) is 0 Å². The molecule has 0 saturated carbocycles. The summed E-state index contributed by atoms with van der Waals surface area (Å²) < 4.78 is 0. The fraction of sp³-hybridized carbons (Fsp3) is 0.250. The van der Waals surface area contributed by atoms with Gasteiger partial charge in [0, 0.05) is 7.05 Å². The molecule has 0 rings (SSSR count). The Labute approximate surface area is 52.1 Å². The average Bonchev–Trinajstić information content (AvgIpc) is 1.82. The first kappa shape index (κ1) is 7.61. The molecule has 50 valence electrons. The molecule has 0 unspecified atom stereocenters. The Morgan fingerprint density at radius 3 is 2.44 bits per heavy atom. The van der Waals surface area contributed by atoms with Gasteiger partial charge < -0.3 is 10.5 Å². The van der Waals surface area contributed by atoms with E-state index in [1.54, 1.807) is 0 Å². The third-order valence-electron chi connectivity index (χ3n) is 0.559. The summed E-state index contributed by atoms with van der Waals surface area (Å²) in [6, 6.07) is 0. The van der Waals surface area contributed by atoms with Crippen molar-refractivity contribution in [2.75, 3.05) is 7.05 Å². The van der Waals surface area contributed by atoms with Gasteiger partial charge in [0.25, 0.3) is 5.84 Å². The first-order chi connectivity index (χ1) is 4.22. The minimum Gasteiger partial charge on any atom is -0.475 e. The van der Waals surface area contributed by atoms with Gasteiger partial charge in [-0.1, -0.05) is 0 Å². The lowest BCUT2D eigenvalue weighted by molar-refractivity contribution is -0.129. The van der Waals surface area contributed by atoms with Crippen molar-refractivity contribution in [2.24, 2.45) is 10.1 Å². The monoisotopic (exact) mass is 129 g/mol. The second-order valence-electron chi connectivity index (χ2n) is 1.12. The molecule has 0 bridgehead atoms. The first-order valence-corrected chi connectivity index (χ1v) is 2.16. The van der Waals surface area contributed by atoms with E-state index < -0.39 is 5.97 Å². The highest BCUT2D eigenvalue weighted by Gasteiger charge is 2.03. The molecule has 5 heteroatoms. The standard InChI is InChI=1S/C4H7N3O2/c1-5-3(4(8)9)7-6-2/h6H,1H2,2H3,(H,8,9)/b7-3-. The fourth-order valence-electron chi connectivity index (χ4n) is 0.257. The molecule has 0 amide bonds. The van der Waals surface area contributed by atoms with Gasteiger partial charge in [-0.15, -0.1) is 0 Å². The van der Waals surface area contributed by atoms with E-state index in [9.17, 15) is 4.79 Å². The van der Waals surface area contributed by atoms with Crippen LogP contribution in [0, 0.1) is 0 Å². The van der Waals surface area contributed by atoms with E-state index in [1.165, 1.54) is 7.05 Å². The number of nitrogens with zero attached hydrogens (tertiary/aromatic N) is 2. The number of aliphatic carboxylic acids is 1. The van der Waals surface area contributed by atoms with Crippen molar-refractivity contribution in [3.8, 4) is 0 Å². The highest BCUT2D eigenvalue weighted by atomic mass is 16.4. The maximum Gasteiger partial charge on any atom is 0.375 e. The van der Waals surface area contributed by atoms with Crippen LogP contribution in [0.1, 0.15) is 0 Å². The second kappa shape index (κ2) is 3.59. The predicted octanol–water partition coefficient (Wildman–Crippen LogP) is -0.696. The zero-order valence-corrected chi connectivity index (χ0v) is 4.96. The van der Waals surface area contributed by atoms with E-state index in [2.05, 4.69) is 22.2 Å². The van der Waals surface area contributed by atoms with Crippen LogP contribution in [-0.2, 0) is 4.79 Å². The molecule has 5 nitrogen and oxygen atoms in total. The van der Waals surface area contributed by atoms with Gasteiger partial charge in [-0.3, -0.25) is 0 Å². The number of carbonyl (C=O) groups is 1. The number of hydrazone groups is 1. The summed E-state index contributed by atoms with van der Waals surface area (Å²) in [5, 5.41) is 11.5. The van der Waals surface area contributed by atoms with E-state index in [0.717, 1.165) is 0 Å². The number of hydrogen-bond donors (Lipinski definition) is 2. The van der Waals surface area contributed by atoms with E-state index >= 15 is 0 Å². The normalized spacial score (nSPS) is 10.6. The number of amidine groups is 1. The summed E-state index contributed by atoms with van der Waals surface area (Å²) in [5.41, 5.74) is 2.27. The number of nitrogens with one attached hydrogen (secondary N) is 1. The maximum atomic E-state index is 10.0. The van der Waals surface area contributed by atoms with Crippen LogP contribution in [0.4, 0.5) is 0 Å². The van der Waals surface area contributed by atoms with Gasteiger partial charge in [-0.25, -0.2) is 9.79 Å². The molecule has 0 saturated heterocycles. The smallest absolute Gasteiger partial charge is 0.375 e. The Hall–Kier alpha value is -1.39. The van der Waals surface area contributed by atoms with Crippen LogP contribution in [0.15, 0.2) is 10.1 Å². The summed E-state index contributed by atoms with van der Waals surface area (Å²) >= 11 is 0. The summed E-state index contributed by atoms with van der Waals surface area (Å²) in [5.74, 6) is -1.53. The second-order valence-corrected chi connectivity index (χ2v) is 1.12. The van der Waals surface area contributed by atoms with Crippen LogP contribution in [0.5, 0.6) is 0 Å². The van der Waals surface area contributed by atoms with Gasteiger partial charge in [-0.05, 0) is 6.72 Å². The van der Waals surface area contributed by atoms with Gasteiger partial charge >= 0.3 is 5.97 Å². The van der Waals surface area contributed by atoms with Crippen LogP contribution in [0.2, 0.25) is 0 Å². The lowest BCUT2D eigenvalue weighted by Gasteiger charge is -1.89. The molecule has 0 heterocycles. The maximum absolute atomic E-state index is 10.0. The molecule has 0 atom stereocenters. The SMILES string of the molecule is C=N/C(=N\NC)C(=O)O. The van der Waals surface area contributed by atoms with Crippen molar-refractivity contribution >= 4 is 18.5 Å². The third kappa shape index (κ3) is 2.43. The molecule has 0 aromatic heterocycles. The van der Waals surface area contributed by atoms with Crippen molar-refractivity contribution in [3.05, 3.63) is 0 Å². The average molecular weight is 129 g/mol. The van der Waals surface area contributed by atoms with Gasteiger partial charge in [0.15, 0.2) is 0 Å². The van der Waals surface area contributed by atoms with E-state index in [-0.39, 0.29) is 5.84 Å². The molecule has 0 aromatic rings. The van der Waals surface area contributed by atoms with Crippen molar-refractivity contribution in [1.82, 2.24) is 5.43 Å². The molecule has 0 aromatic carbocycles. The van der Waals surface area contributed by atoms with Gasteiger partial charge in [-0.2, -0.15) is 5.10 Å². The van der Waals surface area contributed by atoms with Gasteiger partial charge in [0.05, 0.1) is 0 Å². The summed E-state index contributed by atoms with van der Waals surface area (Å²) in [7, 11) is 1.48. The Bertz CT molecular complexity index is 152. The highest BCUT2D eigenvalue weighted by Crippen LogP contribution is 1.75. The number of hydrogen-bond acceptors (Lipinski definition) is 3. The van der Waals surface area contributed by atoms with Crippen molar-refractivity contribution in [3.63, 3.8) is 0 Å². The van der Waals surface area contributed by atoms with Gasteiger partial charge in [0.2, 0.25) is 0 Å². The van der Waals surface area contributed by atoms with E-state index in [4.69, 9.17) is 5.11 Å². The summed E-state index contributed by atoms with van der Waals surface area (Å²) in [6.07, 6.45) is 0. The molecule has 0 aliphatic heterocycles. The number of rotatable bonds is 1. The van der Waals surface area contributed by atoms with E-state index in [1.807, 2.05) is 0 Å². The lowest BCUT2D eigenvalue weighted by atomic mass is 10.6. The Morgan fingerprint density at radius 2 is 2.33 bits per heavy atom. The molecule has 0 spiro atoms. The van der Waals surface area contributed by atoms with Crippen molar-refractivity contribution in [1.29, 1.82) is 0 Å². The van der Waals surface area contributed by atoms with Crippen molar-refractivity contribution in [2.45, 2.75) is 0 Å². The molecule has 0 radical (unpaired) electrons. The lowest BCUT2D eigenvalue weighted by Crippen LogP contribution is -2.13.